The molecule has 4 heterocycles. The first kappa shape index (κ1) is 22.6. The van der Waals surface area contributed by atoms with E-state index in [9.17, 15) is 8.42 Å². The highest BCUT2D eigenvalue weighted by molar-refractivity contribution is 7.88. The minimum Gasteiger partial charge on any atom is -0.480 e. The topological polar surface area (TPSA) is 120 Å². The fourth-order valence-corrected chi connectivity index (χ4v) is 4.87. The molecular weight excluding hydrogens is 456 g/mol. The highest BCUT2D eigenvalue weighted by Gasteiger charge is 2.23. The summed E-state index contributed by atoms with van der Waals surface area (Å²) in [5.74, 6) is 1.49. The highest BCUT2D eigenvalue weighted by atomic mass is 32.2. The summed E-state index contributed by atoms with van der Waals surface area (Å²) in [5.41, 5.74) is 1.25. The van der Waals surface area contributed by atoms with Gasteiger partial charge in [-0.25, -0.2) is 27.7 Å². The van der Waals surface area contributed by atoms with Crippen LogP contribution in [0.25, 0.3) is 21.6 Å². The van der Waals surface area contributed by atoms with Crippen molar-refractivity contribution in [3.8, 4) is 23.3 Å². The molecule has 0 saturated carbocycles. The van der Waals surface area contributed by atoms with E-state index in [2.05, 4.69) is 14.9 Å². The lowest BCUT2D eigenvalue weighted by Crippen LogP contribution is -2.36. The predicted molar refractivity (Wildman–Crippen MR) is 121 cm³/mol. The number of rotatable bonds is 7. The third-order valence-electron chi connectivity index (χ3n) is 5.01. The normalized spacial score (nSPS) is 14.8. The molecule has 0 aliphatic carbocycles. The molecule has 0 N–H and O–H groups in total. The average molecular weight is 481 g/mol. The number of sulfonamides is 1. The quantitative estimate of drug-likeness (QED) is 0.491. The second-order valence-electron chi connectivity index (χ2n) is 7.20. The van der Waals surface area contributed by atoms with Gasteiger partial charge in [0.05, 0.1) is 43.9 Å². The molecule has 13 heteroatoms. The Morgan fingerprint density at radius 1 is 1.19 bits per heavy atom. The van der Waals surface area contributed by atoms with E-state index in [0.29, 0.717) is 43.6 Å². The van der Waals surface area contributed by atoms with Crippen molar-refractivity contribution in [2.75, 3.05) is 58.7 Å². The lowest BCUT2D eigenvalue weighted by atomic mass is 10.2. The molecule has 32 heavy (non-hydrogen) atoms. The summed E-state index contributed by atoms with van der Waals surface area (Å²) < 4.78 is 41.9. The van der Waals surface area contributed by atoms with E-state index >= 15 is 0 Å². The van der Waals surface area contributed by atoms with Crippen LogP contribution in [0.4, 0.5) is 5.82 Å². The van der Waals surface area contributed by atoms with Gasteiger partial charge in [-0.2, -0.15) is 4.98 Å². The summed E-state index contributed by atoms with van der Waals surface area (Å²) in [6.07, 6.45) is 2.76. The number of ether oxygens (including phenoxy) is 3. The van der Waals surface area contributed by atoms with Crippen LogP contribution in [0.1, 0.15) is 4.88 Å². The first-order valence-corrected chi connectivity index (χ1v) is 12.5. The maximum Gasteiger partial charge on any atom is 0.319 e. The van der Waals surface area contributed by atoms with E-state index < -0.39 is 10.0 Å². The molecule has 172 valence electrons. The summed E-state index contributed by atoms with van der Waals surface area (Å²) in [6, 6.07) is 2.08. The van der Waals surface area contributed by atoms with Gasteiger partial charge < -0.3 is 19.1 Å². The van der Waals surface area contributed by atoms with Gasteiger partial charge in [0.25, 0.3) is 0 Å². The van der Waals surface area contributed by atoms with Crippen molar-refractivity contribution < 1.29 is 22.6 Å². The molecule has 3 aromatic rings. The fourth-order valence-electron chi connectivity index (χ4n) is 3.25. The van der Waals surface area contributed by atoms with Gasteiger partial charge in [-0.3, -0.25) is 0 Å². The summed E-state index contributed by atoms with van der Waals surface area (Å²) in [6.45, 7) is 2.85. The molecule has 0 spiro atoms. The Balaban J connectivity index is 1.84. The molecule has 11 nitrogen and oxygen atoms in total. The third-order valence-corrected chi connectivity index (χ3v) is 7.37. The van der Waals surface area contributed by atoms with Crippen LogP contribution in [-0.4, -0.2) is 86.5 Å². The van der Waals surface area contributed by atoms with Gasteiger partial charge in [0, 0.05) is 37.8 Å². The third kappa shape index (κ3) is 4.60. The number of thiophene rings is 1. The molecule has 0 bridgehead atoms. The van der Waals surface area contributed by atoms with Crippen LogP contribution >= 0.6 is 11.3 Å². The van der Waals surface area contributed by atoms with Crippen LogP contribution in [0, 0.1) is 0 Å². The maximum absolute atomic E-state index is 11.9. The summed E-state index contributed by atoms with van der Waals surface area (Å²) in [5, 5.41) is 0. The predicted octanol–water partition coefficient (Wildman–Crippen LogP) is 1.39. The lowest BCUT2D eigenvalue weighted by Gasteiger charge is -2.28. The standard InChI is InChI=1S/C19H24N6O5S2/c1-24(32(4,26)27)11-12-9-14-15(31-12)17(25-5-7-30-8-6-25)22-16(21-14)13-10-20-19(29-3)23-18(13)28-2/h9-10H,5-8,11H2,1-4H3. The minimum absolute atomic E-state index is 0.182. The molecule has 0 unspecified atom stereocenters. The Labute approximate surface area is 190 Å². The first-order valence-electron chi connectivity index (χ1n) is 9.80. The van der Waals surface area contributed by atoms with E-state index in [4.69, 9.17) is 24.2 Å². The Kier molecular flexibility index (Phi) is 6.42. The van der Waals surface area contributed by atoms with Crippen molar-refractivity contribution in [2.45, 2.75) is 6.54 Å². The summed E-state index contributed by atoms with van der Waals surface area (Å²) in [7, 11) is 1.24. The van der Waals surface area contributed by atoms with Crippen LogP contribution in [0.5, 0.6) is 11.9 Å². The fraction of sp³-hybridized carbons (Fsp3) is 0.474. The van der Waals surface area contributed by atoms with Crippen LogP contribution in [-0.2, 0) is 21.3 Å². The lowest BCUT2D eigenvalue weighted by molar-refractivity contribution is 0.122. The molecule has 1 aliphatic rings. The van der Waals surface area contributed by atoms with Gasteiger partial charge in [0.15, 0.2) is 11.6 Å². The Morgan fingerprint density at radius 2 is 1.94 bits per heavy atom. The Bertz CT molecular complexity index is 1230. The maximum atomic E-state index is 11.9. The van der Waals surface area contributed by atoms with Crippen LogP contribution in [0.2, 0.25) is 0 Å². The zero-order chi connectivity index (χ0) is 22.9. The van der Waals surface area contributed by atoms with Crippen molar-refractivity contribution in [1.82, 2.24) is 24.2 Å². The van der Waals surface area contributed by atoms with E-state index in [0.717, 1.165) is 20.9 Å². The molecule has 1 saturated heterocycles. The first-order chi connectivity index (χ1) is 15.3. The Hall–Kier alpha value is -2.61. The molecule has 4 rings (SSSR count). The second kappa shape index (κ2) is 9.10. The van der Waals surface area contributed by atoms with Crippen molar-refractivity contribution in [1.29, 1.82) is 0 Å². The molecule has 0 atom stereocenters. The molecular formula is C19H24N6O5S2. The van der Waals surface area contributed by atoms with Gasteiger partial charge in [0.1, 0.15) is 5.56 Å². The number of hydrogen-bond donors (Lipinski definition) is 0. The van der Waals surface area contributed by atoms with Gasteiger partial charge in [-0.15, -0.1) is 11.3 Å². The zero-order valence-electron chi connectivity index (χ0n) is 18.2. The monoisotopic (exact) mass is 480 g/mol. The number of nitrogens with zero attached hydrogens (tertiary/aromatic N) is 6. The number of anilines is 1. The van der Waals surface area contributed by atoms with E-state index in [1.54, 1.807) is 13.2 Å². The zero-order valence-corrected chi connectivity index (χ0v) is 19.9. The largest absolute Gasteiger partial charge is 0.480 e. The molecule has 0 radical (unpaired) electrons. The Morgan fingerprint density at radius 3 is 2.59 bits per heavy atom. The molecule has 0 amide bonds. The SMILES string of the molecule is COc1ncc(-c2nc(N3CCOCC3)c3sc(CN(C)S(C)(=O)=O)cc3n2)c(OC)n1. The summed E-state index contributed by atoms with van der Waals surface area (Å²) in [4.78, 5) is 21.0. The van der Waals surface area contributed by atoms with Gasteiger partial charge >= 0.3 is 6.01 Å². The van der Waals surface area contributed by atoms with Crippen LogP contribution in [0.15, 0.2) is 12.3 Å². The second-order valence-corrected chi connectivity index (χ2v) is 10.4. The van der Waals surface area contributed by atoms with Crippen molar-refractivity contribution in [3.05, 3.63) is 17.1 Å². The molecule has 1 aliphatic heterocycles. The van der Waals surface area contributed by atoms with E-state index in [1.165, 1.54) is 36.1 Å². The van der Waals surface area contributed by atoms with Crippen molar-refractivity contribution in [2.24, 2.45) is 0 Å². The number of methoxy groups -OCH3 is 2. The van der Waals surface area contributed by atoms with E-state index in [-0.39, 0.29) is 12.6 Å². The van der Waals surface area contributed by atoms with Gasteiger partial charge in [-0.1, -0.05) is 0 Å². The van der Waals surface area contributed by atoms with Crippen molar-refractivity contribution >= 4 is 37.4 Å². The van der Waals surface area contributed by atoms with Gasteiger partial charge in [-0.05, 0) is 6.07 Å². The van der Waals surface area contributed by atoms with Crippen LogP contribution in [0.3, 0.4) is 0 Å². The molecule has 1 fully saturated rings. The minimum atomic E-state index is -3.30. The highest BCUT2D eigenvalue weighted by Crippen LogP contribution is 2.36. The molecule has 3 aromatic heterocycles. The van der Waals surface area contributed by atoms with Crippen LogP contribution < -0.4 is 14.4 Å². The smallest absolute Gasteiger partial charge is 0.319 e. The number of fused-ring (bicyclic) bond motifs is 1. The van der Waals surface area contributed by atoms with Crippen molar-refractivity contribution in [3.63, 3.8) is 0 Å². The number of aromatic nitrogens is 4. The van der Waals surface area contributed by atoms with Gasteiger partial charge in [0.2, 0.25) is 15.9 Å². The van der Waals surface area contributed by atoms with E-state index in [1.807, 2.05) is 6.07 Å². The number of morpholine rings is 1. The molecule has 0 aromatic carbocycles. The summed E-state index contributed by atoms with van der Waals surface area (Å²) >= 11 is 1.49. The number of hydrogen-bond acceptors (Lipinski definition) is 11. The average Bonchev–Trinajstić information content (AvgIpc) is 3.20.